The molecule has 1 aromatic heterocycles. The van der Waals surface area contributed by atoms with Gasteiger partial charge in [0.05, 0.1) is 29.7 Å². The summed E-state index contributed by atoms with van der Waals surface area (Å²) in [7, 11) is 1.65. The van der Waals surface area contributed by atoms with E-state index in [1.807, 2.05) is 42.5 Å². The number of thioether (sulfide) groups is 1. The van der Waals surface area contributed by atoms with Crippen molar-refractivity contribution in [1.29, 1.82) is 0 Å². The summed E-state index contributed by atoms with van der Waals surface area (Å²) < 4.78 is 5.36. The molecule has 1 N–H and O–H groups in total. The zero-order chi connectivity index (χ0) is 23.1. The first kappa shape index (κ1) is 20.5. The summed E-state index contributed by atoms with van der Waals surface area (Å²) in [5, 5.41) is 1.13. The molecule has 7 atom stereocenters. The summed E-state index contributed by atoms with van der Waals surface area (Å²) in [6.07, 6.45) is 0.892. The molecule has 2 aliphatic carbocycles. The second kappa shape index (κ2) is 7.33. The van der Waals surface area contributed by atoms with Crippen molar-refractivity contribution < 1.29 is 14.3 Å². The zero-order valence-corrected chi connectivity index (χ0v) is 20.0. The van der Waals surface area contributed by atoms with Crippen LogP contribution in [-0.2, 0) is 9.59 Å². The highest BCUT2D eigenvalue weighted by molar-refractivity contribution is 8.00. The third-order valence-corrected chi connectivity index (χ3v) is 10.8. The molecule has 34 heavy (non-hydrogen) atoms. The maximum atomic E-state index is 13.7. The van der Waals surface area contributed by atoms with Gasteiger partial charge in [-0.2, -0.15) is 0 Å². The molecular weight excluding hydrogens is 468 g/mol. The van der Waals surface area contributed by atoms with Crippen LogP contribution >= 0.6 is 23.1 Å². The van der Waals surface area contributed by atoms with Crippen LogP contribution in [0.5, 0.6) is 5.75 Å². The number of methoxy groups -OCH3 is 1. The standard InChI is InChI=1S/C26H22N2O4S2/c1-32-14-9-7-12(8-10-14)17-18-15-11-16(21(18)33-23-22(17)34-26(31)27-23)20-19(15)24(29)28(25(20)30)13-5-3-2-4-6-13/h2-10,15-21H,11H2,1H3,(H,27,31)/t15-,16-,17+,18-,19+,20+,21+/m1/s1. The zero-order valence-electron chi connectivity index (χ0n) is 18.3. The number of nitrogens with zero attached hydrogens (tertiary/aromatic N) is 1. The van der Waals surface area contributed by atoms with Gasteiger partial charge in [-0.1, -0.05) is 41.7 Å². The van der Waals surface area contributed by atoms with E-state index in [2.05, 4.69) is 17.1 Å². The third-order valence-electron chi connectivity index (χ3n) is 8.21. The Balaban J connectivity index is 1.33. The van der Waals surface area contributed by atoms with Gasteiger partial charge in [-0.05, 0) is 54.0 Å². The van der Waals surface area contributed by atoms with Gasteiger partial charge in [-0.15, -0.1) is 11.8 Å². The fourth-order valence-electron chi connectivity index (χ4n) is 7.03. The van der Waals surface area contributed by atoms with Gasteiger partial charge in [-0.25, -0.2) is 0 Å². The first-order chi connectivity index (χ1) is 16.6. The highest BCUT2D eigenvalue weighted by atomic mass is 32.2. The Morgan fingerprint density at radius 1 is 0.941 bits per heavy atom. The molecule has 2 aliphatic heterocycles. The highest BCUT2D eigenvalue weighted by Crippen LogP contribution is 2.68. The van der Waals surface area contributed by atoms with E-state index in [-0.39, 0.29) is 57.4 Å². The number of fused-ring (bicyclic) bond motifs is 9. The molecule has 2 saturated carbocycles. The van der Waals surface area contributed by atoms with Crippen molar-refractivity contribution in [3.63, 3.8) is 0 Å². The summed E-state index contributed by atoms with van der Waals surface area (Å²) in [5.74, 6) is 0.611. The van der Waals surface area contributed by atoms with E-state index in [9.17, 15) is 14.4 Å². The van der Waals surface area contributed by atoms with Crippen LogP contribution in [0.15, 0.2) is 64.4 Å². The Morgan fingerprint density at radius 3 is 2.35 bits per heavy atom. The monoisotopic (exact) mass is 490 g/mol. The SMILES string of the molecule is COc1ccc([C@@H]2c3sc(=O)[nH]c3S[C@H]3[C@@H]4C[C@@H]([C@@H]5C(=O)N(c6ccccc6)C(=O)[C@@H]45)[C@H]23)cc1. The number of imide groups is 1. The number of para-hydroxylation sites is 1. The highest BCUT2D eigenvalue weighted by Gasteiger charge is 2.69. The molecule has 0 spiro atoms. The molecule has 2 amide bonds. The first-order valence-electron chi connectivity index (χ1n) is 11.5. The van der Waals surface area contributed by atoms with E-state index < -0.39 is 0 Å². The van der Waals surface area contributed by atoms with Crippen LogP contribution in [-0.4, -0.2) is 29.2 Å². The molecule has 0 radical (unpaired) electrons. The van der Waals surface area contributed by atoms with Gasteiger partial charge in [-0.3, -0.25) is 19.3 Å². The lowest BCUT2D eigenvalue weighted by atomic mass is 9.68. The molecule has 3 aromatic rings. The number of nitrogens with one attached hydrogen (secondary N) is 1. The molecule has 1 saturated heterocycles. The number of ether oxygens (including phenoxy) is 1. The molecule has 0 unspecified atom stereocenters. The molecule has 8 heteroatoms. The van der Waals surface area contributed by atoms with Crippen LogP contribution in [0.4, 0.5) is 5.69 Å². The van der Waals surface area contributed by atoms with Gasteiger partial charge in [0.25, 0.3) is 0 Å². The van der Waals surface area contributed by atoms with E-state index in [1.165, 1.54) is 16.2 Å². The van der Waals surface area contributed by atoms with Gasteiger partial charge in [0.2, 0.25) is 11.8 Å². The number of amides is 2. The second-order valence-electron chi connectivity index (χ2n) is 9.58. The lowest BCUT2D eigenvalue weighted by Gasteiger charge is -2.43. The Morgan fingerprint density at radius 2 is 1.65 bits per heavy atom. The summed E-state index contributed by atoms with van der Waals surface area (Å²) in [6.45, 7) is 0. The molecule has 2 aromatic carbocycles. The molecule has 3 heterocycles. The average molecular weight is 491 g/mol. The van der Waals surface area contributed by atoms with E-state index in [0.717, 1.165) is 27.6 Å². The lowest BCUT2D eigenvalue weighted by molar-refractivity contribution is -0.123. The van der Waals surface area contributed by atoms with Gasteiger partial charge in [0, 0.05) is 16.0 Å². The quantitative estimate of drug-likeness (QED) is 0.559. The van der Waals surface area contributed by atoms with Crippen LogP contribution < -0.4 is 14.5 Å². The van der Waals surface area contributed by atoms with Crippen LogP contribution in [0.1, 0.15) is 22.8 Å². The van der Waals surface area contributed by atoms with Crippen molar-refractivity contribution in [3.05, 3.63) is 74.7 Å². The van der Waals surface area contributed by atoms with E-state index in [1.54, 1.807) is 18.9 Å². The summed E-state index contributed by atoms with van der Waals surface area (Å²) in [4.78, 5) is 45.1. The smallest absolute Gasteiger partial charge is 0.305 e. The van der Waals surface area contributed by atoms with E-state index in [4.69, 9.17) is 4.74 Å². The van der Waals surface area contributed by atoms with Gasteiger partial charge >= 0.3 is 4.87 Å². The number of aromatic nitrogens is 1. The second-order valence-corrected chi connectivity index (χ2v) is 11.8. The number of carbonyl (C=O) groups is 2. The first-order valence-corrected chi connectivity index (χ1v) is 13.2. The molecule has 4 aliphatic rings. The number of benzene rings is 2. The Hall–Kier alpha value is -2.84. The molecule has 2 bridgehead atoms. The predicted octanol–water partition coefficient (Wildman–Crippen LogP) is 4.12. The molecule has 3 fully saturated rings. The van der Waals surface area contributed by atoms with Gasteiger partial charge in [0.15, 0.2) is 0 Å². The summed E-state index contributed by atoms with van der Waals surface area (Å²) in [5.41, 5.74) is 1.80. The predicted molar refractivity (Wildman–Crippen MR) is 130 cm³/mol. The van der Waals surface area contributed by atoms with E-state index >= 15 is 0 Å². The van der Waals surface area contributed by atoms with Crippen molar-refractivity contribution in [2.75, 3.05) is 12.0 Å². The number of hydrogen-bond acceptors (Lipinski definition) is 6. The minimum absolute atomic E-state index is 0.0285. The van der Waals surface area contributed by atoms with Crippen molar-refractivity contribution in [3.8, 4) is 5.75 Å². The fraction of sp³-hybridized carbons (Fsp3) is 0.346. The fourth-order valence-corrected chi connectivity index (χ4v) is 9.92. The largest absolute Gasteiger partial charge is 0.497 e. The van der Waals surface area contributed by atoms with Gasteiger partial charge < -0.3 is 9.72 Å². The lowest BCUT2D eigenvalue weighted by Crippen LogP contribution is -2.42. The minimum Gasteiger partial charge on any atom is -0.497 e. The number of H-pyrrole nitrogens is 1. The molecular formula is C26H22N2O4S2. The van der Waals surface area contributed by atoms with Crippen molar-refractivity contribution in [2.24, 2.45) is 29.6 Å². The van der Waals surface area contributed by atoms with Crippen LogP contribution in [0.25, 0.3) is 0 Å². The Bertz CT molecular complexity index is 1370. The summed E-state index contributed by atoms with van der Waals surface area (Å²) in [6, 6.07) is 17.4. The topological polar surface area (TPSA) is 79.5 Å². The molecule has 172 valence electrons. The average Bonchev–Trinajstić information content (AvgIpc) is 3.58. The van der Waals surface area contributed by atoms with Crippen molar-refractivity contribution >= 4 is 40.6 Å². The number of thiazole rings is 1. The normalized spacial score (nSPS) is 33.1. The van der Waals surface area contributed by atoms with Crippen LogP contribution in [0.2, 0.25) is 0 Å². The summed E-state index contributed by atoms with van der Waals surface area (Å²) >= 11 is 2.99. The number of hydrogen-bond donors (Lipinski definition) is 1. The Labute approximate surface area is 204 Å². The van der Waals surface area contributed by atoms with E-state index in [0.29, 0.717) is 5.69 Å². The number of anilines is 1. The molecule has 7 rings (SSSR count). The minimum atomic E-state index is -0.280. The van der Waals surface area contributed by atoms with Crippen molar-refractivity contribution in [2.45, 2.75) is 22.6 Å². The molecule has 6 nitrogen and oxygen atoms in total. The Kier molecular flexibility index (Phi) is 4.42. The third kappa shape index (κ3) is 2.66. The maximum absolute atomic E-state index is 13.7. The van der Waals surface area contributed by atoms with Crippen LogP contribution in [0.3, 0.4) is 0 Å². The number of carbonyl (C=O) groups excluding carboxylic acids is 2. The maximum Gasteiger partial charge on any atom is 0.305 e. The van der Waals surface area contributed by atoms with Crippen LogP contribution in [0, 0.1) is 29.6 Å². The van der Waals surface area contributed by atoms with Gasteiger partial charge in [0.1, 0.15) is 5.75 Å². The number of rotatable bonds is 3. The number of aromatic amines is 1. The van der Waals surface area contributed by atoms with Crippen molar-refractivity contribution in [1.82, 2.24) is 4.98 Å².